The topological polar surface area (TPSA) is 47.9 Å². The van der Waals surface area contributed by atoms with Crippen LogP contribution in [0.25, 0.3) is 0 Å². The number of rotatable bonds is 8. The van der Waals surface area contributed by atoms with Gasteiger partial charge in [0.25, 0.3) is 0 Å². The van der Waals surface area contributed by atoms with Crippen molar-refractivity contribution in [3.8, 4) is 17.2 Å². The summed E-state index contributed by atoms with van der Waals surface area (Å²) in [6.07, 6.45) is -0.620. The van der Waals surface area contributed by atoms with Gasteiger partial charge in [-0.3, -0.25) is 0 Å². The fourth-order valence-electron chi connectivity index (χ4n) is 1.72. The third-order valence-corrected chi connectivity index (χ3v) is 2.76. The van der Waals surface area contributed by atoms with Crippen LogP contribution in [-0.2, 0) is 4.74 Å². The van der Waals surface area contributed by atoms with Crippen LogP contribution < -0.4 is 9.47 Å². The highest BCUT2D eigenvalue weighted by Crippen LogP contribution is 2.23. The van der Waals surface area contributed by atoms with E-state index in [2.05, 4.69) is 0 Å². The van der Waals surface area contributed by atoms with E-state index in [9.17, 15) is 5.11 Å². The maximum Gasteiger partial charge on any atom is 0.127 e. The molecule has 0 spiro atoms. The minimum absolute atomic E-state index is 0.207. The van der Waals surface area contributed by atoms with Crippen molar-refractivity contribution in [1.29, 1.82) is 0 Å². The predicted molar refractivity (Wildman–Crippen MR) is 81.0 cm³/mol. The van der Waals surface area contributed by atoms with Gasteiger partial charge in [0.15, 0.2) is 0 Å². The first-order valence-electron chi connectivity index (χ1n) is 6.99. The Labute approximate surface area is 124 Å². The average molecular weight is 288 g/mol. The van der Waals surface area contributed by atoms with E-state index in [-0.39, 0.29) is 13.2 Å². The molecule has 112 valence electrons. The van der Waals surface area contributed by atoms with Crippen LogP contribution in [0.4, 0.5) is 0 Å². The summed E-state index contributed by atoms with van der Waals surface area (Å²) in [7, 11) is 0. The number of para-hydroxylation sites is 1. The number of hydrogen-bond acceptors (Lipinski definition) is 4. The largest absolute Gasteiger partial charge is 0.491 e. The smallest absolute Gasteiger partial charge is 0.127 e. The number of ether oxygens (including phenoxy) is 3. The van der Waals surface area contributed by atoms with Crippen LogP contribution in [-0.4, -0.2) is 31.0 Å². The van der Waals surface area contributed by atoms with Gasteiger partial charge in [-0.2, -0.15) is 0 Å². The van der Waals surface area contributed by atoms with Gasteiger partial charge in [0.05, 0.1) is 6.61 Å². The lowest BCUT2D eigenvalue weighted by Gasteiger charge is -2.12. The number of benzene rings is 2. The molecule has 0 heterocycles. The van der Waals surface area contributed by atoms with Gasteiger partial charge < -0.3 is 19.3 Å². The molecule has 2 aromatic carbocycles. The van der Waals surface area contributed by atoms with Gasteiger partial charge in [-0.15, -0.1) is 0 Å². The molecule has 1 N–H and O–H groups in total. The Kier molecular flexibility index (Phi) is 6.06. The van der Waals surface area contributed by atoms with Crippen LogP contribution in [0.5, 0.6) is 17.2 Å². The van der Waals surface area contributed by atoms with E-state index in [4.69, 9.17) is 14.2 Å². The fourth-order valence-corrected chi connectivity index (χ4v) is 1.72. The average Bonchev–Trinajstić information content (AvgIpc) is 2.53. The third-order valence-electron chi connectivity index (χ3n) is 2.76. The Morgan fingerprint density at radius 2 is 1.48 bits per heavy atom. The lowest BCUT2D eigenvalue weighted by atomic mass is 10.3. The van der Waals surface area contributed by atoms with Crippen molar-refractivity contribution in [1.82, 2.24) is 0 Å². The zero-order chi connectivity index (χ0) is 14.9. The minimum Gasteiger partial charge on any atom is -0.491 e. The molecule has 0 aliphatic rings. The van der Waals surface area contributed by atoms with Crippen LogP contribution in [0.15, 0.2) is 54.6 Å². The van der Waals surface area contributed by atoms with Crippen LogP contribution in [0.3, 0.4) is 0 Å². The van der Waals surface area contributed by atoms with E-state index in [0.29, 0.717) is 12.4 Å². The van der Waals surface area contributed by atoms with Gasteiger partial charge in [-0.25, -0.2) is 0 Å². The zero-order valence-corrected chi connectivity index (χ0v) is 12.1. The van der Waals surface area contributed by atoms with E-state index in [0.717, 1.165) is 11.5 Å². The summed E-state index contributed by atoms with van der Waals surface area (Å²) in [6, 6.07) is 16.9. The van der Waals surface area contributed by atoms with E-state index in [1.165, 1.54) is 0 Å². The fraction of sp³-hybridized carbons (Fsp3) is 0.294. The monoisotopic (exact) mass is 288 g/mol. The van der Waals surface area contributed by atoms with Gasteiger partial charge in [0, 0.05) is 6.61 Å². The van der Waals surface area contributed by atoms with Crippen LogP contribution in [0, 0.1) is 0 Å². The van der Waals surface area contributed by atoms with Gasteiger partial charge in [-0.05, 0) is 43.3 Å². The van der Waals surface area contributed by atoms with Crippen molar-refractivity contribution >= 4 is 0 Å². The molecule has 0 saturated heterocycles. The molecule has 0 fully saturated rings. The van der Waals surface area contributed by atoms with Gasteiger partial charge in [0.1, 0.15) is 30.0 Å². The van der Waals surface area contributed by atoms with E-state index >= 15 is 0 Å². The molecule has 0 bridgehead atoms. The second-order valence-electron chi connectivity index (χ2n) is 4.51. The summed E-state index contributed by atoms with van der Waals surface area (Å²) in [6.45, 7) is 2.96. The Bertz CT molecular complexity index is 510. The van der Waals surface area contributed by atoms with Crippen molar-refractivity contribution in [3.63, 3.8) is 0 Å². The summed E-state index contributed by atoms with van der Waals surface area (Å²) < 4.78 is 16.3. The SMILES string of the molecule is CCOCC(O)COc1ccc(Oc2ccccc2)cc1. The molecule has 21 heavy (non-hydrogen) atoms. The second kappa shape index (κ2) is 8.29. The number of aliphatic hydroxyl groups excluding tert-OH is 1. The van der Waals surface area contributed by atoms with Crippen molar-refractivity contribution < 1.29 is 19.3 Å². The molecule has 0 aromatic heterocycles. The molecule has 4 heteroatoms. The summed E-state index contributed by atoms with van der Waals surface area (Å²) in [5, 5.41) is 9.62. The first kappa shape index (κ1) is 15.4. The molecule has 2 rings (SSSR count). The van der Waals surface area contributed by atoms with Gasteiger partial charge in [-0.1, -0.05) is 18.2 Å². The van der Waals surface area contributed by atoms with E-state index < -0.39 is 6.10 Å². The van der Waals surface area contributed by atoms with Crippen molar-refractivity contribution in [2.45, 2.75) is 13.0 Å². The van der Waals surface area contributed by atoms with Crippen LogP contribution in [0.1, 0.15) is 6.92 Å². The van der Waals surface area contributed by atoms with E-state index in [1.807, 2.05) is 61.5 Å². The number of aliphatic hydroxyl groups is 1. The zero-order valence-electron chi connectivity index (χ0n) is 12.1. The quantitative estimate of drug-likeness (QED) is 0.810. The maximum absolute atomic E-state index is 9.62. The summed E-state index contributed by atoms with van der Waals surface area (Å²) in [4.78, 5) is 0. The predicted octanol–water partition coefficient (Wildman–Crippen LogP) is 3.26. The Balaban J connectivity index is 1.82. The molecule has 1 atom stereocenters. The van der Waals surface area contributed by atoms with Crippen molar-refractivity contribution in [2.24, 2.45) is 0 Å². The van der Waals surface area contributed by atoms with Crippen LogP contribution >= 0.6 is 0 Å². The summed E-state index contributed by atoms with van der Waals surface area (Å²) >= 11 is 0. The summed E-state index contributed by atoms with van der Waals surface area (Å²) in [5.74, 6) is 2.22. The molecule has 0 radical (unpaired) electrons. The van der Waals surface area contributed by atoms with Gasteiger partial charge in [0.2, 0.25) is 0 Å². The highest BCUT2D eigenvalue weighted by Gasteiger charge is 2.05. The third kappa shape index (κ3) is 5.45. The highest BCUT2D eigenvalue weighted by molar-refractivity contribution is 5.35. The Morgan fingerprint density at radius 1 is 0.857 bits per heavy atom. The van der Waals surface area contributed by atoms with Crippen LogP contribution in [0.2, 0.25) is 0 Å². The molecular weight excluding hydrogens is 268 g/mol. The lowest BCUT2D eigenvalue weighted by Crippen LogP contribution is -2.23. The normalized spacial score (nSPS) is 11.9. The second-order valence-corrected chi connectivity index (χ2v) is 4.51. The first-order chi connectivity index (χ1) is 10.3. The van der Waals surface area contributed by atoms with Gasteiger partial charge >= 0.3 is 0 Å². The lowest BCUT2D eigenvalue weighted by molar-refractivity contribution is 0.0164. The molecule has 0 saturated carbocycles. The Morgan fingerprint density at radius 3 is 2.14 bits per heavy atom. The molecule has 1 unspecified atom stereocenters. The minimum atomic E-state index is -0.620. The molecule has 0 amide bonds. The van der Waals surface area contributed by atoms with Crippen molar-refractivity contribution in [2.75, 3.05) is 19.8 Å². The molecule has 0 aliphatic heterocycles. The Hall–Kier alpha value is -2.04. The molecular formula is C17H20O4. The van der Waals surface area contributed by atoms with Crippen molar-refractivity contribution in [3.05, 3.63) is 54.6 Å². The highest BCUT2D eigenvalue weighted by atomic mass is 16.5. The first-order valence-corrected chi connectivity index (χ1v) is 6.99. The maximum atomic E-state index is 9.62. The molecule has 4 nitrogen and oxygen atoms in total. The summed E-state index contributed by atoms with van der Waals surface area (Å²) in [5.41, 5.74) is 0. The van der Waals surface area contributed by atoms with E-state index in [1.54, 1.807) is 0 Å². The number of hydrogen-bond donors (Lipinski definition) is 1. The molecule has 0 aliphatic carbocycles. The molecule has 2 aromatic rings. The standard InChI is InChI=1S/C17H20O4/c1-2-19-12-14(18)13-20-15-8-10-17(11-9-15)21-16-6-4-3-5-7-16/h3-11,14,18H,2,12-13H2,1H3.